The van der Waals surface area contributed by atoms with Crippen LogP contribution in [0.1, 0.15) is 12.2 Å². The highest BCUT2D eigenvalue weighted by Crippen LogP contribution is 2.31. The minimum atomic E-state index is -4.64. The number of hydrogen-bond acceptors (Lipinski definition) is 3. The number of urea groups is 1. The van der Waals surface area contributed by atoms with Gasteiger partial charge in [-0.1, -0.05) is 12.1 Å². The molecule has 1 heterocycles. The van der Waals surface area contributed by atoms with E-state index in [0.717, 1.165) is 4.57 Å². The van der Waals surface area contributed by atoms with E-state index in [4.69, 9.17) is 5.73 Å². The SMILES string of the molecule is NC(=O)NC(=O)CCn1c(C(F)(F)F)nc2ccccc21. The number of para-hydroxylation sites is 2. The van der Waals surface area contributed by atoms with Crippen molar-refractivity contribution in [1.82, 2.24) is 14.9 Å². The van der Waals surface area contributed by atoms with Crippen LogP contribution in [-0.4, -0.2) is 21.5 Å². The quantitative estimate of drug-likeness (QED) is 0.903. The highest BCUT2D eigenvalue weighted by molar-refractivity contribution is 5.93. The first kappa shape index (κ1) is 14.8. The van der Waals surface area contributed by atoms with E-state index in [9.17, 15) is 22.8 Å². The molecule has 1 aromatic carbocycles. The fourth-order valence-corrected chi connectivity index (χ4v) is 1.93. The van der Waals surface area contributed by atoms with Gasteiger partial charge in [0.2, 0.25) is 11.7 Å². The van der Waals surface area contributed by atoms with Gasteiger partial charge in [-0.2, -0.15) is 13.2 Å². The molecule has 112 valence electrons. The third kappa shape index (κ3) is 3.30. The second-order valence-corrected chi connectivity index (χ2v) is 4.24. The number of halogens is 3. The maximum Gasteiger partial charge on any atom is 0.449 e. The smallest absolute Gasteiger partial charge is 0.351 e. The van der Waals surface area contributed by atoms with Gasteiger partial charge >= 0.3 is 12.2 Å². The molecule has 0 saturated heterocycles. The largest absolute Gasteiger partial charge is 0.449 e. The number of imidazole rings is 1. The standard InChI is InChI=1S/C12H11F3N4O2/c13-12(14,15)10-17-7-3-1-2-4-8(7)19(10)6-5-9(20)18-11(16)21/h1-4H,5-6H2,(H3,16,18,20,21). The van der Waals surface area contributed by atoms with Crippen LogP contribution in [0, 0.1) is 0 Å². The lowest BCUT2D eigenvalue weighted by atomic mass is 10.3. The van der Waals surface area contributed by atoms with E-state index in [1.54, 1.807) is 17.4 Å². The lowest BCUT2D eigenvalue weighted by Crippen LogP contribution is -2.35. The lowest BCUT2D eigenvalue weighted by molar-refractivity contribution is -0.147. The molecule has 2 aromatic rings. The molecule has 0 unspecified atom stereocenters. The van der Waals surface area contributed by atoms with Crippen LogP contribution < -0.4 is 11.1 Å². The lowest BCUT2D eigenvalue weighted by Gasteiger charge is -2.10. The Morgan fingerprint density at radius 3 is 2.57 bits per heavy atom. The summed E-state index contributed by atoms with van der Waals surface area (Å²) in [5.41, 5.74) is 5.20. The molecule has 0 aliphatic rings. The van der Waals surface area contributed by atoms with E-state index in [-0.39, 0.29) is 24.0 Å². The number of hydrogen-bond donors (Lipinski definition) is 2. The predicted octanol–water partition coefficient (Wildman–Crippen LogP) is 1.64. The summed E-state index contributed by atoms with van der Waals surface area (Å²) < 4.78 is 39.8. The van der Waals surface area contributed by atoms with Crippen LogP contribution in [0.15, 0.2) is 24.3 Å². The summed E-state index contributed by atoms with van der Waals surface area (Å²) in [6, 6.07) is 5.02. The fourth-order valence-electron chi connectivity index (χ4n) is 1.93. The molecule has 0 radical (unpaired) electrons. The average molecular weight is 300 g/mol. The number of nitrogens with zero attached hydrogens (tertiary/aromatic N) is 2. The van der Waals surface area contributed by atoms with Gasteiger partial charge in [-0.05, 0) is 12.1 Å². The van der Waals surface area contributed by atoms with E-state index in [0.29, 0.717) is 0 Å². The maximum absolute atomic E-state index is 13.0. The molecule has 9 heteroatoms. The number of nitrogens with one attached hydrogen (secondary N) is 1. The van der Waals surface area contributed by atoms with Crippen molar-refractivity contribution in [3.63, 3.8) is 0 Å². The third-order valence-electron chi connectivity index (χ3n) is 2.73. The van der Waals surface area contributed by atoms with Gasteiger partial charge in [-0.15, -0.1) is 0 Å². The molecule has 3 amide bonds. The third-order valence-corrected chi connectivity index (χ3v) is 2.73. The molecular weight excluding hydrogens is 289 g/mol. The summed E-state index contributed by atoms with van der Waals surface area (Å²) in [5.74, 6) is -1.84. The van der Waals surface area contributed by atoms with Crippen LogP contribution in [0.5, 0.6) is 0 Å². The summed E-state index contributed by atoms with van der Waals surface area (Å²) >= 11 is 0. The summed E-state index contributed by atoms with van der Waals surface area (Å²) in [6.45, 7) is -0.269. The number of carbonyl (C=O) groups is 2. The molecule has 0 aliphatic heterocycles. The molecule has 0 atom stereocenters. The monoisotopic (exact) mass is 300 g/mol. The van der Waals surface area contributed by atoms with Crippen molar-refractivity contribution in [1.29, 1.82) is 0 Å². The normalized spacial score (nSPS) is 11.6. The van der Waals surface area contributed by atoms with E-state index >= 15 is 0 Å². The number of primary amides is 1. The van der Waals surface area contributed by atoms with Gasteiger partial charge in [0.25, 0.3) is 0 Å². The summed E-state index contributed by atoms with van der Waals surface area (Å²) in [4.78, 5) is 25.4. The van der Waals surface area contributed by atoms with Crippen molar-refractivity contribution in [3.8, 4) is 0 Å². The second kappa shape index (κ2) is 5.43. The Kier molecular flexibility index (Phi) is 3.83. The Bertz CT molecular complexity index is 693. The number of alkyl halides is 3. The van der Waals surface area contributed by atoms with Gasteiger partial charge in [0.1, 0.15) is 0 Å². The van der Waals surface area contributed by atoms with Crippen LogP contribution in [0.2, 0.25) is 0 Å². The van der Waals surface area contributed by atoms with E-state index in [1.807, 2.05) is 0 Å². The predicted molar refractivity (Wildman–Crippen MR) is 67.1 cm³/mol. The zero-order valence-electron chi connectivity index (χ0n) is 10.6. The molecule has 0 aliphatic carbocycles. The summed E-state index contributed by atoms with van der Waals surface area (Å²) in [7, 11) is 0. The van der Waals surface area contributed by atoms with Gasteiger partial charge < -0.3 is 10.3 Å². The second-order valence-electron chi connectivity index (χ2n) is 4.24. The first-order valence-electron chi connectivity index (χ1n) is 5.91. The molecular formula is C12H11F3N4O2. The number of carbonyl (C=O) groups excluding carboxylic acids is 2. The number of amides is 3. The molecule has 3 N–H and O–H groups in total. The van der Waals surface area contributed by atoms with Crippen molar-refractivity contribution >= 4 is 23.0 Å². The molecule has 0 spiro atoms. The number of imide groups is 1. The highest BCUT2D eigenvalue weighted by Gasteiger charge is 2.37. The number of benzene rings is 1. The average Bonchev–Trinajstić information content (AvgIpc) is 2.74. The van der Waals surface area contributed by atoms with E-state index < -0.39 is 23.9 Å². The fraction of sp³-hybridized carbons (Fsp3) is 0.250. The number of rotatable bonds is 3. The van der Waals surface area contributed by atoms with Crippen LogP contribution in [0.3, 0.4) is 0 Å². The maximum atomic E-state index is 13.0. The van der Waals surface area contributed by atoms with Crippen LogP contribution in [-0.2, 0) is 17.5 Å². The van der Waals surface area contributed by atoms with Gasteiger partial charge in [-0.3, -0.25) is 10.1 Å². The number of fused-ring (bicyclic) bond motifs is 1. The van der Waals surface area contributed by atoms with Crippen molar-refractivity contribution in [2.75, 3.05) is 0 Å². The Morgan fingerprint density at radius 2 is 1.95 bits per heavy atom. The summed E-state index contributed by atoms with van der Waals surface area (Å²) in [5, 5.41) is 1.80. The van der Waals surface area contributed by atoms with Crippen molar-refractivity contribution in [2.24, 2.45) is 5.73 Å². The van der Waals surface area contributed by atoms with Crippen LogP contribution in [0.4, 0.5) is 18.0 Å². The van der Waals surface area contributed by atoms with Gasteiger partial charge in [-0.25, -0.2) is 9.78 Å². The van der Waals surface area contributed by atoms with E-state index in [2.05, 4.69) is 4.98 Å². The van der Waals surface area contributed by atoms with Gasteiger partial charge in [0, 0.05) is 13.0 Å². The number of nitrogens with two attached hydrogens (primary N) is 1. The van der Waals surface area contributed by atoms with Gasteiger partial charge in [0.05, 0.1) is 11.0 Å². The number of aromatic nitrogens is 2. The van der Waals surface area contributed by atoms with Crippen LogP contribution >= 0.6 is 0 Å². The van der Waals surface area contributed by atoms with Crippen molar-refractivity contribution in [3.05, 3.63) is 30.1 Å². The van der Waals surface area contributed by atoms with Crippen molar-refractivity contribution in [2.45, 2.75) is 19.1 Å². The Labute approximate surface area is 116 Å². The zero-order chi connectivity index (χ0) is 15.6. The number of aryl methyl sites for hydroxylation is 1. The molecule has 0 bridgehead atoms. The molecule has 6 nitrogen and oxygen atoms in total. The Balaban J connectivity index is 2.33. The van der Waals surface area contributed by atoms with E-state index in [1.165, 1.54) is 12.1 Å². The minimum Gasteiger partial charge on any atom is -0.351 e. The molecule has 0 fully saturated rings. The van der Waals surface area contributed by atoms with Gasteiger partial charge in [0.15, 0.2) is 0 Å². The Hall–Kier alpha value is -2.58. The zero-order valence-corrected chi connectivity index (χ0v) is 10.6. The molecule has 1 aromatic heterocycles. The molecule has 21 heavy (non-hydrogen) atoms. The molecule has 2 rings (SSSR count). The first-order chi connectivity index (χ1) is 9.79. The highest BCUT2D eigenvalue weighted by atomic mass is 19.4. The minimum absolute atomic E-state index is 0.181. The Morgan fingerprint density at radius 1 is 1.29 bits per heavy atom. The summed E-state index contributed by atoms with van der Waals surface area (Å²) in [6.07, 6.45) is -4.97. The van der Waals surface area contributed by atoms with Crippen molar-refractivity contribution < 1.29 is 22.8 Å². The molecule has 0 saturated carbocycles. The topological polar surface area (TPSA) is 90.0 Å². The first-order valence-corrected chi connectivity index (χ1v) is 5.91. The van der Waals surface area contributed by atoms with Crippen LogP contribution in [0.25, 0.3) is 11.0 Å².